The van der Waals surface area contributed by atoms with Gasteiger partial charge in [-0.1, -0.05) is 12.8 Å². The summed E-state index contributed by atoms with van der Waals surface area (Å²) in [5.41, 5.74) is -0.339. The van der Waals surface area contributed by atoms with Gasteiger partial charge in [0, 0.05) is 18.8 Å². The zero-order valence-corrected chi connectivity index (χ0v) is 11.9. The number of halogens is 3. The summed E-state index contributed by atoms with van der Waals surface area (Å²) in [6.45, 7) is 2.87. The molecule has 1 saturated carbocycles. The lowest BCUT2D eigenvalue weighted by atomic mass is 10.1. The minimum atomic E-state index is -4.45. The predicted octanol–water partition coefficient (Wildman–Crippen LogP) is 3.67. The highest BCUT2D eigenvalue weighted by molar-refractivity contribution is 5.99. The lowest BCUT2D eigenvalue weighted by Gasteiger charge is -2.14. The summed E-state index contributed by atoms with van der Waals surface area (Å²) < 4.78 is 38.3. The molecule has 1 aromatic rings. The molecule has 2 rings (SSSR count). The molecule has 0 unspecified atom stereocenters. The number of alkyl halides is 3. The van der Waals surface area contributed by atoms with Crippen molar-refractivity contribution in [2.24, 2.45) is 5.92 Å². The third-order valence-corrected chi connectivity index (χ3v) is 3.49. The lowest BCUT2D eigenvalue weighted by Crippen LogP contribution is -2.26. The van der Waals surface area contributed by atoms with Crippen molar-refractivity contribution in [2.75, 3.05) is 18.4 Å². The van der Waals surface area contributed by atoms with E-state index in [1.165, 1.54) is 18.9 Å². The topological polar surface area (TPSA) is 41.1 Å². The summed E-state index contributed by atoms with van der Waals surface area (Å²) in [7, 11) is 0. The number of carbonyl (C=O) groups excluding carboxylic acids is 1. The standard InChI is InChI=1S/C15H19F3N2O/c1-2-19-13-6-5-11(15(16,17)18)9-12(13)14(21)20-8-7-10-3-4-10/h5-6,9-10,19H,2-4,7-8H2,1H3,(H,20,21). The fourth-order valence-electron chi connectivity index (χ4n) is 2.14. The van der Waals surface area contributed by atoms with Crippen LogP contribution in [-0.4, -0.2) is 19.0 Å². The maximum Gasteiger partial charge on any atom is 0.416 e. The third-order valence-electron chi connectivity index (χ3n) is 3.49. The molecule has 0 radical (unpaired) electrons. The Hall–Kier alpha value is -1.72. The van der Waals surface area contributed by atoms with E-state index < -0.39 is 17.6 Å². The molecular formula is C15H19F3N2O. The van der Waals surface area contributed by atoms with Gasteiger partial charge in [0.25, 0.3) is 5.91 Å². The smallest absolute Gasteiger partial charge is 0.385 e. The normalized spacial score (nSPS) is 14.9. The second-order valence-electron chi connectivity index (χ2n) is 5.28. The van der Waals surface area contributed by atoms with E-state index in [2.05, 4.69) is 10.6 Å². The second-order valence-corrected chi connectivity index (χ2v) is 5.28. The van der Waals surface area contributed by atoms with E-state index in [-0.39, 0.29) is 5.56 Å². The molecule has 0 aliphatic heterocycles. The largest absolute Gasteiger partial charge is 0.416 e. The zero-order chi connectivity index (χ0) is 15.5. The van der Waals surface area contributed by atoms with Crippen molar-refractivity contribution in [3.63, 3.8) is 0 Å². The summed E-state index contributed by atoms with van der Waals surface area (Å²) in [6.07, 6.45) is -1.20. The first-order valence-corrected chi connectivity index (χ1v) is 7.15. The van der Waals surface area contributed by atoms with Crippen LogP contribution in [0.15, 0.2) is 18.2 Å². The molecule has 21 heavy (non-hydrogen) atoms. The molecule has 1 aliphatic carbocycles. The van der Waals surface area contributed by atoms with Gasteiger partial charge >= 0.3 is 6.18 Å². The Morgan fingerprint density at radius 3 is 2.62 bits per heavy atom. The molecule has 116 valence electrons. The number of anilines is 1. The number of amides is 1. The number of nitrogens with one attached hydrogen (secondary N) is 2. The Bertz CT molecular complexity index is 510. The fourth-order valence-corrected chi connectivity index (χ4v) is 2.14. The van der Waals surface area contributed by atoms with Crippen molar-refractivity contribution in [2.45, 2.75) is 32.4 Å². The van der Waals surface area contributed by atoms with Gasteiger partial charge in [-0.3, -0.25) is 4.79 Å². The average molecular weight is 300 g/mol. The van der Waals surface area contributed by atoms with Crippen LogP contribution in [0.1, 0.15) is 42.1 Å². The number of hydrogen-bond acceptors (Lipinski definition) is 2. The van der Waals surface area contributed by atoms with E-state index in [4.69, 9.17) is 0 Å². The lowest BCUT2D eigenvalue weighted by molar-refractivity contribution is -0.137. The van der Waals surface area contributed by atoms with Crippen molar-refractivity contribution in [3.05, 3.63) is 29.3 Å². The molecule has 0 bridgehead atoms. The van der Waals surface area contributed by atoms with Crippen LogP contribution in [0.25, 0.3) is 0 Å². The van der Waals surface area contributed by atoms with Crippen LogP contribution in [0.2, 0.25) is 0 Å². The SMILES string of the molecule is CCNc1ccc(C(F)(F)F)cc1C(=O)NCCC1CC1. The van der Waals surface area contributed by atoms with Gasteiger partial charge in [-0.2, -0.15) is 13.2 Å². The van der Waals surface area contributed by atoms with Crippen LogP contribution in [0.3, 0.4) is 0 Å². The number of benzene rings is 1. The quantitative estimate of drug-likeness (QED) is 0.841. The number of carbonyl (C=O) groups is 1. The molecule has 0 aromatic heterocycles. The van der Waals surface area contributed by atoms with Gasteiger partial charge in [0.15, 0.2) is 0 Å². The molecule has 0 heterocycles. The molecule has 1 amide bonds. The van der Waals surface area contributed by atoms with Crippen molar-refractivity contribution in [3.8, 4) is 0 Å². The number of rotatable bonds is 6. The Morgan fingerprint density at radius 2 is 2.05 bits per heavy atom. The van der Waals surface area contributed by atoms with E-state index in [0.717, 1.165) is 18.6 Å². The van der Waals surface area contributed by atoms with Gasteiger partial charge < -0.3 is 10.6 Å². The van der Waals surface area contributed by atoms with Gasteiger partial charge in [-0.15, -0.1) is 0 Å². The van der Waals surface area contributed by atoms with E-state index in [1.807, 2.05) is 6.92 Å². The summed E-state index contributed by atoms with van der Waals surface area (Å²) in [5.74, 6) is 0.206. The molecule has 3 nitrogen and oxygen atoms in total. The Kier molecular flexibility index (Phi) is 4.75. The first-order valence-electron chi connectivity index (χ1n) is 7.15. The summed E-state index contributed by atoms with van der Waals surface area (Å²) in [5, 5.41) is 5.62. The summed E-state index contributed by atoms with van der Waals surface area (Å²) in [6, 6.07) is 3.20. The van der Waals surface area contributed by atoms with Crippen molar-refractivity contribution in [1.29, 1.82) is 0 Å². The Morgan fingerprint density at radius 1 is 1.33 bits per heavy atom. The van der Waals surface area contributed by atoms with E-state index >= 15 is 0 Å². The van der Waals surface area contributed by atoms with Crippen LogP contribution in [0.5, 0.6) is 0 Å². The maximum absolute atomic E-state index is 12.8. The highest BCUT2D eigenvalue weighted by Crippen LogP contribution is 2.33. The first-order chi connectivity index (χ1) is 9.91. The minimum Gasteiger partial charge on any atom is -0.385 e. The van der Waals surface area contributed by atoms with E-state index in [9.17, 15) is 18.0 Å². The summed E-state index contributed by atoms with van der Waals surface area (Å²) >= 11 is 0. The maximum atomic E-state index is 12.8. The molecule has 6 heteroatoms. The van der Waals surface area contributed by atoms with Crippen LogP contribution in [-0.2, 0) is 6.18 Å². The molecule has 0 saturated heterocycles. The van der Waals surface area contributed by atoms with Crippen molar-refractivity contribution in [1.82, 2.24) is 5.32 Å². The molecule has 0 spiro atoms. The molecular weight excluding hydrogens is 281 g/mol. The third kappa shape index (κ3) is 4.37. The van der Waals surface area contributed by atoms with Gasteiger partial charge in [0.2, 0.25) is 0 Å². The molecule has 2 N–H and O–H groups in total. The zero-order valence-electron chi connectivity index (χ0n) is 11.9. The minimum absolute atomic E-state index is 0.0440. The second kappa shape index (κ2) is 6.37. The van der Waals surface area contributed by atoms with Crippen LogP contribution in [0.4, 0.5) is 18.9 Å². The van der Waals surface area contributed by atoms with Gasteiger partial charge in [0.1, 0.15) is 0 Å². The fraction of sp³-hybridized carbons (Fsp3) is 0.533. The van der Waals surface area contributed by atoms with Crippen LogP contribution in [0, 0.1) is 5.92 Å². The first kappa shape index (κ1) is 15.7. The Labute approximate surface area is 121 Å². The van der Waals surface area contributed by atoms with E-state index in [0.29, 0.717) is 24.7 Å². The monoisotopic (exact) mass is 300 g/mol. The molecule has 0 atom stereocenters. The molecule has 1 aromatic carbocycles. The highest BCUT2D eigenvalue weighted by atomic mass is 19.4. The predicted molar refractivity (Wildman–Crippen MR) is 75.3 cm³/mol. The van der Waals surface area contributed by atoms with Gasteiger partial charge in [0.05, 0.1) is 11.1 Å². The molecule has 1 fully saturated rings. The number of hydrogen-bond donors (Lipinski definition) is 2. The van der Waals surface area contributed by atoms with Crippen LogP contribution >= 0.6 is 0 Å². The van der Waals surface area contributed by atoms with Crippen LogP contribution < -0.4 is 10.6 Å². The van der Waals surface area contributed by atoms with E-state index in [1.54, 1.807) is 0 Å². The highest BCUT2D eigenvalue weighted by Gasteiger charge is 2.31. The van der Waals surface area contributed by atoms with Crippen molar-refractivity contribution < 1.29 is 18.0 Å². The Balaban J connectivity index is 2.13. The van der Waals surface area contributed by atoms with Crippen molar-refractivity contribution >= 4 is 11.6 Å². The van der Waals surface area contributed by atoms with Gasteiger partial charge in [-0.05, 0) is 37.5 Å². The molecule has 1 aliphatic rings. The van der Waals surface area contributed by atoms with Gasteiger partial charge in [-0.25, -0.2) is 0 Å². The average Bonchev–Trinajstić information content (AvgIpc) is 3.22. The summed E-state index contributed by atoms with van der Waals surface area (Å²) in [4.78, 5) is 12.1.